The van der Waals surface area contributed by atoms with Crippen molar-refractivity contribution in [3.05, 3.63) is 47.0 Å². The summed E-state index contributed by atoms with van der Waals surface area (Å²) in [6.07, 6.45) is 6.75. The van der Waals surface area contributed by atoms with Gasteiger partial charge in [0, 0.05) is 6.04 Å². The minimum Gasteiger partial charge on any atom is -0.349 e. The van der Waals surface area contributed by atoms with Crippen molar-refractivity contribution in [3.63, 3.8) is 0 Å². The van der Waals surface area contributed by atoms with E-state index in [4.69, 9.17) is 11.6 Å². The zero-order valence-electron chi connectivity index (χ0n) is 9.40. The van der Waals surface area contributed by atoms with Gasteiger partial charge in [-0.05, 0) is 36.8 Å². The number of hydrogen-bond acceptors (Lipinski definition) is 1. The predicted molar refractivity (Wildman–Crippen MR) is 68.1 cm³/mol. The Bertz CT molecular complexity index is 483. The molecule has 1 aromatic rings. The van der Waals surface area contributed by atoms with Crippen LogP contribution in [0.5, 0.6) is 0 Å². The lowest BCUT2D eigenvalue weighted by atomic mass is 10.0. The molecule has 0 aliphatic heterocycles. The lowest BCUT2D eigenvalue weighted by molar-refractivity contribution is 0.0931. The molecule has 1 amide bonds. The van der Waals surface area contributed by atoms with Crippen LogP contribution in [-0.4, -0.2) is 11.9 Å². The van der Waals surface area contributed by atoms with Crippen molar-refractivity contribution in [3.8, 4) is 0 Å². The quantitative estimate of drug-likeness (QED) is 0.800. The lowest BCUT2D eigenvalue weighted by Gasteiger charge is -2.20. The third kappa shape index (κ3) is 1.98. The highest BCUT2D eigenvalue weighted by Gasteiger charge is 2.36. The van der Waals surface area contributed by atoms with Gasteiger partial charge in [0.2, 0.25) is 0 Å². The van der Waals surface area contributed by atoms with Crippen molar-refractivity contribution in [1.29, 1.82) is 0 Å². The number of rotatable bonds is 2. The third-order valence-corrected chi connectivity index (χ3v) is 4.04. The van der Waals surface area contributed by atoms with Gasteiger partial charge in [-0.25, -0.2) is 0 Å². The van der Waals surface area contributed by atoms with E-state index < -0.39 is 0 Å². The second kappa shape index (κ2) is 4.19. The highest BCUT2D eigenvalue weighted by Crippen LogP contribution is 2.39. The number of halogens is 1. The van der Waals surface area contributed by atoms with Crippen LogP contribution in [0.1, 0.15) is 23.2 Å². The molecule has 2 bridgehead atoms. The van der Waals surface area contributed by atoms with Crippen LogP contribution in [0.2, 0.25) is 5.02 Å². The standard InChI is InChI=1S/C14H14ClNO/c15-12-4-2-1-3-11(12)14(17)16-13-8-9-5-6-10(13)7-9/h1-6,9-10,13H,7-8H2,(H,16,17). The van der Waals surface area contributed by atoms with Crippen molar-refractivity contribution in [2.75, 3.05) is 0 Å². The molecule has 0 saturated heterocycles. The van der Waals surface area contributed by atoms with E-state index in [0.717, 1.165) is 6.42 Å². The minimum atomic E-state index is -0.0541. The molecule has 2 nitrogen and oxygen atoms in total. The van der Waals surface area contributed by atoms with Gasteiger partial charge in [0.15, 0.2) is 0 Å². The molecule has 3 rings (SSSR count). The van der Waals surface area contributed by atoms with Crippen LogP contribution in [0.25, 0.3) is 0 Å². The number of carbonyl (C=O) groups excluding carboxylic acids is 1. The van der Waals surface area contributed by atoms with Crippen molar-refractivity contribution in [2.45, 2.75) is 18.9 Å². The molecule has 3 atom stereocenters. The molecule has 1 fully saturated rings. The smallest absolute Gasteiger partial charge is 0.253 e. The fourth-order valence-electron chi connectivity index (χ4n) is 2.84. The Morgan fingerprint density at radius 1 is 1.24 bits per heavy atom. The Morgan fingerprint density at radius 2 is 2.06 bits per heavy atom. The maximum Gasteiger partial charge on any atom is 0.253 e. The normalized spacial score (nSPS) is 29.6. The summed E-state index contributed by atoms with van der Waals surface area (Å²) in [6.45, 7) is 0. The van der Waals surface area contributed by atoms with Gasteiger partial charge in [-0.1, -0.05) is 35.9 Å². The summed E-state index contributed by atoms with van der Waals surface area (Å²) in [7, 11) is 0. The van der Waals surface area contributed by atoms with Crippen LogP contribution < -0.4 is 5.32 Å². The van der Waals surface area contributed by atoms with Gasteiger partial charge in [-0.2, -0.15) is 0 Å². The van der Waals surface area contributed by atoms with E-state index in [1.165, 1.54) is 6.42 Å². The largest absolute Gasteiger partial charge is 0.349 e. The first-order valence-corrected chi connectivity index (χ1v) is 6.35. The van der Waals surface area contributed by atoms with E-state index in [-0.39, 0.29) is 11.9 Å². The summed E-state index contributed by atoms with van der Waals surface area (Å²) in [5.41, 5.74) is 0.570. The Labute approximate surface area is 106 Å². The van der Waals surface area contributed by atoms with Crippen molar-refractivity contribution >= 4 is 17.5 Å². The number of carbonyl (C=O) groups is 1. The summed E-state index contributed by atoms with van der Waals surface area (Å²) < 4.78 is 0. The highest BCUT2D eigenvalue weighted by atomic mass is 35.5. The molecule has 0 aromatic heterocycles. The van der Waals surface area contributed by atoms with Gasteiger partial charge in [-0.3, -0.25) is 4.79 Å². The SMILES string of the molecule is O=C(NC1CC2C=CC1C2)c1ccccc1Cl. The van der Waals surface area contributed by atoms with Crippen LogP contribution >= 0.6 is 11.6 Å². The number of benzene rings is 1. The first-order chi connectivity index (χ1) is 8.24. The zero-order chi connectivity index (χ0) is 11.8. The molecule has 88 valence electrons. The van der Waals surface area contributed by atoms with Gasteiger partial charge in [0.05, 0.1) is 10.6 Å². The number of nitrogens with one attached hydrogen (secondary N) is 1. The molecule has 0 radical (unpaired) electrons. The van der Waals surface area contributed by atoms with E-state index in [1.807, 2.05) is 12.1 Å². The molecule has 1 saturated carbocycles. The summed E-state index contributed by atoms with van der Waals surface area (Å²) in [6, 6.07) is 7.47. The van der Waals surface area contributed by atoms with Crippen molar-refractivity contribution < 1.29 is 4.79 Å². The van der Waals surface area contributed by atoms with Gasteiger partial charge >= 0.3 is 0 Å². The van der Waals surface area contributed by atoms with E-state index >= 15 is 0 Å². The summed E-state index contributed by atoms with van der Waals surface area (Å²) in [4.78, 5) is 12.1. The Balaban J connectivity index is 1.72. The second-order valence-electron chi connectivity index (χ2n) is 4.84. The van der Waals surface area contributed by atoms with Crippen LogP contribution in [0.4, 0.5) is 0 Å². The Kier molecular flexibility index (Phi) is 2.67. The molecule has 1 N–H and O–H groups in total. The Morgan fingerprint density at radius 3 is 2.71 bits per heavy atom. The maximum absolute atomic E-state index is 12.1. The van der Waals surface area contributed by atoms with Gasteiger partial charge < -0.3 is 5.32 Å². The first-order valence-electron chi connectivity index (χ1n) is 5.98. The summed E-state index contributed by atoms with van der Waals surface area (Å²) in [5.74, 6) is 1.13. The maximum atomic E-state index is 12.1. The van der Waals surface area contributed by atoms with E-state index in [9.17, 15) is 4.79 Å². The summed E-state index contributed by atoms with van der Waals surface area (Å²) in [5, 5.41) is 3.61. The van der Waals surface area contributed by atoms with E-state index in [1.54, 1.807) is 12.1 Å². The average Bonchev–Trinajstić information content (AvgIpc) is 2.91. The minimum absolute atomic E-state index is 0.0541. The van der Waals surface area contributed by atoms with E-state index in [0.29, 0.717) is 22.4 Å². The van der Waals surface area contributed by atoms with Gasteiger partial charge in [0.1, 0.15) is 0 Å². The van der Waals surface area contributed by atoms with Crippen LogP contribution in [-0.2, 0) is 0 Å². The zero-order valence-corrected chi connectivity index (χ0v) is 10.2. The molecule has 3 heteroatoms. The molecular formula is C14H14ClNO. The third-order valence-electron chi connectivity index (χ3n) is 3.71. The fraction of sp³-hybridized carbons (Fsp3) is 0.357. The fourth-order valence-corrected chi connectivity index (χ4v) is 3.06. The number of hydrogen-bond donors (Lipinski definition) is 1. The lowest BCUT2D eigenvalue weighted by Crippen LogP contribution is -2.37. The number of amides is 1. The van der Waals surface area contributed by atoms with Crippen LogP contribution in [0.3, 0.4) is 0 Å². The monoisotopic (exact) mass is 247 g/mol. The van der Waals surface area contributed by atoms with Crippen LogP contribution in [0, 0.1) is 11.8 Å². The highest BCUT2D eigenvalue weighted by molar-refractivity contribution is 6.33. The second-order valence-corrected chi connectivity index (χ2v) is 5.25. The molecule has 1 aromatic carbocycles. The van der Waals surface area contributed by atoms with Crippen LogP contribution in [0.15, 0.2) is 36.4 Å². The van der Waals surface area contributed by atoms with Gasteiger partial charge in [-0.15, -0.1) is 0 Å². The molecule has 0 heterocycles. The van der Waals surface area contributed by atoms with E-state index in [2.05, 4.69) is 17.5 Å². The molecule has 0 spiro atoms. The molecule has 3 unspecified atom stereocenters. The van der Waals surface area contributed by atoms with Gasteiger partial charge in [0.25, 0.3) is 5.91 Å². The topological polar surface area (TPSA) is 29.1 Å². The molecule has 17 heavy (non-hydrogen) atoms. The number of allylic oxidation sites excluding steroid dienone is 1. The molecule has 2 aliphatic rings. The Hall–Kier alpha value is -1.28. The first kappa shape index (κ1) is 10.8. The van der Waals surface area contributed by atoms with Crippen molar-refractivity contribution in [1.82, 2.24) is 5.32 Å². The predicted octanol–water partition coefficient (Wildman–Crippen LogP) is 3.03. The average molecular weight is 248 g/mol. The van der Waals surface area contributed by atoms with Crippen molar-refractivity contribution in [2.24, 2.45) is 11.8 Å². The summed E-state index contributed by atoms with van der Waals surface area (Å²) >= 11 is 6.01. The molecular weight excluding hydrogens is 234 g/mol. The molecule has 2 aliphatic carbocycles. The number of fused-ring (bicyclic) bond motifs is 2.